The number of carbonyl (C=O) groups is 3. The first-order valence-electron chi connectivity index (χ1n) is 6.46. The van der Waals surface area contributed by atoms with Gasteiger partial charge in [0, 0.05) is 6.20 Å². The summed E-state index contributed by atoms with van der Waals surface area (Å²) in [7, 11) is 0. The summed E-state index contributed by atoms with van der Waals surface area (Å²) in [4.78, 5) is 37.1. The minimum atomic E-state index is -1.14. The van der Waals surface area contributed by atoms with Crippen molar-refractivity contribution in [2.45, 2.75) is 19.9 Å². The van der Waals surface area contributed by atoms with Crippen molar-refractivity contribution in [3.63, 3.8) is 0 Å². The third-order valence-electron chi connectivity index (χ3n) is 2.63. The lowest BCUT2D eigenvalue weighted by Gasteiger charge is -2.09. The van der Waals surface area contributed by atoms with Gasteiger partial charge in [0.2, 0.25) is 5.91 Å². The third-order valence-corrected chi connectivity index (χ3v) is 2.63. The van der Waals surface area contributed by atoms with E-state index in [1.54, 1.807) is 6.20 Å². The number of nitrogens with zero attached hydrogens (tertiary/aromatic N) is 1. The van der Waals surface area contributed by atoms with Crippen LogP contribution >= 0.6 is 0 Å². The van der Waals surface area contributed by atoms with Gasteiger partial charge < -0.3 is 21.1 Å². The zero-order valence-electron chi connectivity index (χ0n) is 11.7. The van der Waals surface area contributed by atoms with E-state index in [4.69, 9.17) is 5.11 Å². The maximum Gasteiger partial charge on any atom is 0.322 e. The molecule has 21 heavy (non-hydrogen) atoms. The zero-order chi connectivity index (χ0) is 15.7. The van der Waals surface area contributed by atoms with E-state index < -0.39 is 24.5 Å². The van der Waals surface area contributed by atoms with Gasteiger partial charge in [-0.2, -0.15) is 0 Å². The fraction of sp³-hybridized carbons (Fsp3) is 0.385. The van der Waals surface area contributed by atoms with Gasteiger partial charge in [0.25, 0.3) is 0 Å². The van der Waals surface area contributed by atoms with Crippen LogP contribution in [0.5, 0.6) is 0 Å². The molecule has 114 valence electrons. The number of aliphatic carboxylic acids is 1. The normalized spacial score (nSPS) is 9.76. The van der Waals surface area contributed by atoms with Crippen LogP contribution < -0.4 is 16.0 Å². The number of nitrogens with one attached hydrogen (secondary N) is 3. The molecule has 0 aliphatic rings. The summed E-state index contributed by atoms with van der Waals surface area (Å²) in [6, 6.07) is 3.24. The number of carbonyl (C=O) groups excluding carboxylic acids is 2. The first-order chi connectivity index (χ1) is 10.0. The molecule has 0 spiro atoms. The van der Waals surface area contributed by atoms with E-state index in [-0.39, 0.29) is 13.1 Å². The van der Waals surface area contributed by atoms with Gasteiger partial charge in [-0.1, -0.05) is 13.0 Å². The minimum absolute atomic E-state index is 0.257. The lowest BCUT2D eigenvalue weighted by atomic mass is 10.1. The highest BCUT2D eigenvalue weighted by atomic mass is 16.4. The Balaban J connectivity index is 2.31. The predicted molar refractivity (Wildman–Crippen MR) is 74.5 cm³/mol. The van der Waals surface area contributed by atoms with E-state index in [1.165, 1.54) is 0 Å². The number of hydrogen-bond acceptors (Lipinski definition) is 4. The topological polar surface area (TPSA) is 120 Å². The molecule has 0 radical (unpaired) electrons. The van der Waals surface area contributed by atoms with Crippen LogP contribution in [-0.4, -0.2) is 41.1 Å². The largest absolute Gasteiger partial charge is 0.480 e. The van der Waals surface area contributed by atoms with Crippen molar-refractivity contribution in [3.8, 4) is 0 Å². The summed E-state index contributed by atoms with van der Waals surface area (Å²) >= 11 is 0. The third kappa shape index (κ3) is 6.37. The zero-order valence-corrected chi connectivity index (χ0v) is 11.7. The van der Waals surface area contributed by atoms with Gasteiger partial charge >= 0.3 is 12.0 Å². The second-order valence-electron chi connectivity index (χ2n) is 4.17. The number of amides is 3. The van der Waals surface area contributed by atoms with Crippen molar-refractivity contribution in [2.75, 3.05) is 13.1 Å². The molecule has 0 bridgehead atoms. The van der Waals surface area contributed by atoms with Gasteiger partial charge in [0.05, 0.1) is 18.8 Å². The summed E-state index contributed by atoms with van der Waals surface area (Å²) in [6.07, 6.45) is 2.46. The van der Waals surface area contributed by atoms with Crippen molar-refractivity contribution in [1.82, 2.24) is 20.9 Å². The van der Waals surface area contributed by atoms with E-state index in [2.05, 4.69) is 20.9 Å². The van der Waals surface area contributed by atoms with E-state index in [1.807, 2.05) is 19.1 Å². The number of pyridine rings is 1. The van der Waals surface area contributed by atoms with Crippen LogP contribution in [-0.2, 0) is 22.6 Å². The molecule has 3 amide bonds. The molecule has 0 atom stereocenters. The molecule has 1 aromatic rings. The van der Waals surface area contributed by atoms with Crippen LogP contribution in [0.4, 0.5) is 4.79 Å². The monoisotopic (exact) mass is 294 g/mol. The Bertz CT molecular complexity index is 519. The molecule has 1 heterocycles. The van der Waals surface area contributed by atoms with Gasteiger partial charge in [0.1, 0.15) is 6.54 Å². The summed E-state index contributed by atoms with van der Waals surface area (Å²) < 4.78 is 0. The smallest absolute Gasteiger partial charge is 0.322 e. The molecular weight excluding hydrogens is 276 g/mol. The molecule has 0 unspecified atom stereocenters. The molecule has 8 nitrogen and oxygen atoms in total. The Morgan fingerprint density at radius 2 is 1.95 bits per heavy atom. The highest BCUT2D eigenvalue weighted by Gasteiger charge is 2.07. The first kappa shape index (κ1) is 16.4. The number of carboxylic acid groups (broad SMARTS) is 1. The van der Waals surface area contributed by atoms with Crippen molar-refractivity contribution in [2.24, 2.45) is 0 Å². The fourth-order valence-corrected chi connectivity index (χ4v) is 1.58. The number of urea groups is 1. The summed E-state index contributed by atoms with van der Waals surface area (Å²) in [5.74, 6) is -1.71. The molecular formula is C13H18N4O4. The molecule has 0 aromatic carbocycles. The molecule has 1 rings (SSSR count). The molecule has 0 saturated carbocycles. The van der Waals surface area contributed by atoms with Gasteiger partial charge in [-0.3, -0.25) is 14.6 Å². The van der Waals surface area contributed by atoms with Crippen molar-refractivity contribution in [3.05, 3.63) is 29.6 Å². The van der Waals surface area contributed by atoms with Gasteiger partial charge in [0.15, 0.2) is 0 Å². The van der Waals surface area contributed by atoms with E-state index in [0.717, 1.165) is 17.7 Å². The SMILES string of the molecule is CCc1cccnc1CNC(=O)NCC(=O)NCC(=O)O. The number of rotatable bonds is 7. The lowest BCUT2D eigenvalue weighted by Crippen LogP contribution is -2.43. The van der Waals surface area contributed by atoms with Crippen molar-refractivity contribution in [1.29, 1.82) is 0 Å². The van der Waals surface area contributed by atoms with Gasteiger partial charge in [-0.15, -0.1) is 0 Å². The van der Waals surface area contributed by atoms with Crippen LogP contribution in [0.25, 0.3) is 0 Å². The van der Waals surface area contributed by atoms with Crippen LogP contribution in [0, 0.1) is 0 Å². The average molecular weight is 294 g/mol. The van der Waals surface area contributed by atoms with Gasteiger partial charge in [-0.05, 0) is 18.1 Å². The Morgan fingerprint density at radius 1 is 1.19 bits per heavy atom. The summed E-state index contributed by atoms with van der Waals surface area (Å²) in [5.41, 5.74) is 1.81. The van der Waals surface area contributed by atoms with E-state index >= 15 is 0 Å². The van der Waals surface area contributed by atoms with E-state index in [0.29, 0.717) is 0 Å². The Labute approximate surface area is 121 Å². The van der Waals surface area contributed by atoms with Crippen LogP contribution in [0.3, 0.4) is 0 Å². The quantitative estimate of drug-likeness (QED) is 0.547. The molecule has 0 saturated heterocycles. The molecule has 8 heteroatoms. The summed E-state index contributed by atoms with van der Waals surface area (Å²) in [6.45, 7) is 1.48. The molecule has 4 N–H and O–H groups in total. The number of hydrogen-bond donors (Lipinski definition) is 4. The molecule has 0 fully saturated rings. The minimum Gasteiger partial charge on any atom is -0.480 e. The van der Waals surface area contributed by atoms with Gasteiger partial charge in [-0.25, -0.2) is 4.79 Å². The summed E-state index contributed by atoms with van der Waals surface area (Å²) in [5, 5.41) is 15.4. The van der Waals surface area contributed by atoms with E-state index in [9.17, 15) is 14.4 Å². The lowest BCUT2D eigenvalue weighted by molar-refractivity contribution is -0.137. The number of aromatic nitrogens is 1. The second kappa shape index (κ2) is 8.51. The van der Waals surface area contributed by atoms with Crippen molar-refractivity contribution < 1.29 is 19.5 Å². The Hall–Kier alpha value is -2.64. The van der Waals surface area contributed by atoms with Crippen LogP contribution in [0.1, 0.15) is 18.2 Å². The highest BCUT2D eigenvalue weighted by Crippen LogP contribution is 2.05. The number of carboxylic acids is 1. The molecule has 0 aliphatic carbocycles. The van der Waals surface area contributed by atoms with Crippen LogP contribution in [0.15, 0.2) is 18.3 Å². The Morgan fingerprint density at radius 3 is 2.62 bits per heavy atom. The number of aryl methyl sites for hydroxylation is 1. The maximum absolute atomic E-state index is 11.5. The highest BCUT2D eigenvalue weighted by molar-refractivity contribution is 5.86. The average Bonchev–Trinajstić information content (AvgIpc) is 2.49. The fourth-order valence-electron chi connectivity index (χ4n) is 1.58. The molecule has 1 aromatic heterocycles. The second-order valence-corrected chi connectivity index (χ2v) is 4.17. The predicted octanol–water partition coefficient (Wildman–Crippen LogP) is -0.356. The van der Waals surface area contributed by atoms with Crippen molar-refractivity contribution >= 4 is 17.9 Å². The maximum atomic E-state index is 11.5. The van der Waals surface area contributed by atoms with Crippen LogP contribution in [0.2, 0.25) is 0 Å². The Kier molecular flexibility index (Phi) is 6.66. The first-order valence-corrected chi connectivity index (χ1v) is 6.46. The molecule has 0 aliphatic heterocycles. The standard InChI is InChI=1S/C13H18N4O4/c1-2-9-4-3-5-14-10(9)6-16-13(21)17-7-11(18)15-8-12(19)20/h3-5H,2,6-8H2,1H3,(H,15,18)(H,19,20)(H2,16,17,21).